The van der Waals surface area contributed by atoms with Gasteiger partial charge < -0.3 is 15.4 Å². The Kier molecular flexibility index (Phi) is 4.73. The summed E-state index contributed by atoms with van der Waals surface area (Å²) >= 11 is 0. The number of primary amides is 1. The van der Waals surface area contributed by atoms with Crippen molar-refractivity contribution in [3.8, 4) is 11.1 Å². The van der Waals surface area contributed by atoms with Crippen LogP contribution in [0.1, 0.15) is 29.8 Å². The lowest BCUT2D eigenvalue weighted by Gasteiger charge is -2.37. The molecule has 0 spiro atoms. The van der Waals surface area contributed by atoms with E-state index in [9.17, 15) is 4.79 Å². The number of fused-ring (bicyclic) bond motifs is 1. The van der Waals surface area contributed by atoms with E-state index < -0.39 is 5.91 Å². The highest BCUT2D eigenvalue weighted by Crippen LogP contribution is 2.32. The van der Waals surface area contributed by atoms with E-state index in [1.807, 2.05) is 19.1 Å². The first-order valence-electron chi connectivity index (χ1n) is 9.48. The number of nitrogens with zero attached hydrogens (tertiary/aromatic N) is 3. The lowest BCUT2D eigenvalue weighted by Crippen LogP contribution is -2.48. The molecule has 6 nitrogen and oxygen atoms in total. The second kappa shape index (κ2) is 7.20. The number of morpholine rings is 1. The lowest BCUT2D eigenvalue weighted by atomic mass is 9.96. The average Bonchev–Trinajstić information content (AvgIpc) is 2.69. The number of carbonyl (C=O) groups is 1. The highest BCUT2D eigenvalue weighted by atomic mass is 16.5. The molecular weight excluding hydrogens is 352 g/mol. The molecule has 2 N–H and O–H groups in total. The van der Waals surface area contributed by atoms with E-state index in [0.717, 1.165) is 39.8 Å². The van der Waals surface area contributed by atoms with E-state index >= 15 is 0 Å². The van der Waals surface area contributed by atoms with E-state index in [2.05, 4.69) is 47.1 Å². The molecule has 0 aliphatic carbocycles. The van der Waals surface area contributed by atoms with Crippen LogP contribution in [0, 0.1) is 6.92 Å². The number of benzene rings is 2. The van der Waals surface area contributed by atoms with Crippen LogP contribution >= 0.6 is 0 Å². The standard InChI is InChI=1S/C22H24N4O2/c1-13-4-5-17(21(23)27)9-20(13)16-6-7-19-18(8-16)10-24-25-22(19)26-11-15(3)28-12-14(26)2/h4-10,14-15H,11-12H2,1-3H3,(H2,23,27)/t14-,15-/m1/s1. The molecule has 0 bridgehead atoms. The smallest absolute Gasteiger partial charge is 0.248 e. The second-order valence-electron chi connectivity index (χ2n) is 7.51. The molecule has 1 saturated heterocycles. The fraction of sp³-hybridized carbons (Fsp3) is 0.318. The molecule has 1 aliphatic rings. The van der Waals surface area contributed by atoms with Gasteiger partial charge in [-0.05, 0) is 61.7 Å². The van der Waals surface area contributed by atoms with Crippen LogP contribution in [0.15, 0.2) is 42.6 Å². The van der Waals surface area contributed by atoms with Crippen LogP contribution in [0.4, 0.5) is 5.82 Å². The Morgan fingerprint density at radius 2 is 2.04 bits per heavy atom. The van der Waals surface area contributed by atoms with Gasteiger partial charge in [0.1, 0.15) is 0 Å². The van der Waals surface area contributed by atoms with E-state index in [1.165, 1.54) is 0 Å². The molecule has 1 aliphatic heterocycles. The molecule has 28 heavy (non-hydrogen) atoms. The molecule has 0 radical (unpaired) electrons. The summed E-state index contributed by atoms with van der Waals surface area (Å²) in [5.74, 6) is 0.458. The Hall–Kier alpha value is -2.99. The molecule has 2 atom stereocenters. The molecule has 144 valence electrons. The van der Waals surface area contributed by atoms with Crippen LogP contribution in [0.25, 0.3) is 21.9 Å². The van der Waals surface area contributed by atoms with Gasteiger partial charge in [0.05, 0.1) is 24.9 Å². The molecule has 1 amide bonds. The normalized spacial score (nSPS) is 19.8. The number of aryl methyl sites for hydroxylation is 1. The first-order valence-corrected chi connectivity index (χ1v) is 9.48. The molecule has 1 aromatic heterocycles. The van der Waals surface area contributed by atoms with Crippen LogP contribution in [0.3, 0.4) is 0 Å². The quantitative estimate of drug-likeness (QED) is 0.758. The van der Waals surface area contributed by atoms with Crippen molar-refractivity contribution < 1.29 is 9.53 Å². The van der Waals surface area contributed by atoms with Gasteiger partial charge in [-0.25, -0.2) is 0 Å². The van der Waals surface area contributed by atoms with Crippen molar-refractivity contribution in [3.05, 3.63) is 53.7 Å². The summed E-state index contributed by atoms with van der Waals surface area (Å²) in [5, 5.41) is 10.7. The maximum absolute atomic E-state index is 11.6. The van der Waals surface area contributed by atoms with Gasteiger partial charge in [0.15, 0.2) is 5.82 Å². The predicted octanol–water partition coefficient (Wildman–Crippen LogP) is 3.32. The molecule has 2 aromatic carbocycles. The molecule has 4 rings (SSSR count). The van der Waals surface area contributed by atoms with Gasteiger partial charge >= 0.3 is 0 Å². The Balaban J connectivity index is 1.79. The van der Waals surface area contributed by atoms with Crippen LogP contribution in [0.5, 0.6) is 0 Å². The third kappa shape index (κ3) is 3.31. The molecule has 0 saturated carbocycles. The molecule has 1 fully saturated rings. The van der Waals surface area contributed by atoms with Crippen molar-refractivity contribution in [2.24, 2.45) is 5.73 Å². The van der Waals surface area contributed by atoms with Gasteiger partial charge in [0.25, 0.3) is 0 Å². The Morgan fingerprint density at radius 3 is 2.82 bits per heavy atom. The number of anilines is 1. The molecular formula is C22H24N4O2. The summed E-state index contributed by atoms with van der Waals surface area (Å²) in [7, 11) is 0. The van der Waals surface area contributed by atoms with Crippen LogP contribution in [-0.4, -0.2) is 41.4 Å². The molecule has 0 unspecified atom stereocenters. The number of aromatic nitrogens is 2. The van der Waals surface area contributed by atoms with Crippen molar-refractivity contribution >= 4 is 22.5 Å². The van der Waals surface area contributed by atoms with Crippen LogP contribution in [-0.2, 0) is 4.74 Å². The van der Waals surface area contributed by atoms with E-state index in [1.54, 1.807) is 12.3 Å². The first kappa shape index (κ1) is 18.4. The number of hydrogen-bond acceptors (Lipinski definition) is 5. The van der Waals surface area contributed by atoms with Crippen LogP contribution < -0.4 is 10.6 Å². The maximum atomic E-state index is 11.6. The van der Waals surface area contributed by atoms with E-state index in [4.69, 9.17) is 10.5 Å². The van der Waals surface area contributed by atoms with Gasteiger partial charge in [-0.2, -0.15) is 5.10 Å². The van der Waals surface area contributed by atoms with Crippen molar-refractivity contribution in [2.45, 2.75) is 32.9 Å². The van der Waals surface area contributed by atoms with Gasteiger partial charge in [0, 0.05) is 22.9 Å². The number of carbonyl (C=O) groups excluding carboxylic acids is 1. The monoisotopic (exact) mass is 376 g/mol. The van der Waals surface area contributed by atoms with Crippen molar-refractivity contribution in [3.63, 3.8) is 0 Å². The number of hydrogen-bond donors (Lipinski definition) is 1. The predicted molar refractivity (Wildman–Crippen MR) is 110 cm³/mol. The number of amides is 1. The zero-order valence-corrected chi connectivity index (χ0v) is 16.3. The maximum Gasteiger partial charge on any atom is 0.248 e. The van der Waals surface area contributed by atoms with Gasteiger partial charge in [-0.3, -0.25) is 4.79 Å². The largest absolute Gasteiger partial charge is 0.375 e. The summed E-state index contributed by atoms with van der Waals surface area (Å²) in [5.41, 5.74) is 9.06. The second-order valence-corrected chi connectivity index (χ2v) is 7.51. The van der Waals surface area contributed by atoms with Gasteiger partial charge in [-0.15, -0.1) is 5.10 Å². The van der Waals surface area contributed by atoms with Gasteiger partial charge in [0.2, 0.25) is 5.91 Å². The highest BCUT2D eigenvalue weighted by Gasteiger charge is 2.26. The third-order valence-electron chi connectivity index (χ3n) is 5.35. The van der Waals surface area contributed by atoms with Gasteiger partial charge in [-0.1, -0.05) is 12.1 Å². The van der Waals surface area contributed by atoms with Crippen molar-refractivity contribution in [1.29, 1.82) is 0 Å². The summed E-state index contributed by atoms with van der Waals surface area (Å²) in [6, 6.07) is 12.0. The Labute approximate surface area is 164 Å². The minimum atomic E-state index is -0.425. The first-order chi connectivity index (χ1) is 13.4. The summed E-state index contributed by atoms with van der Waals surface area (Å²) < 4.78 is 5.75. The number of nitrogens with two attached hydrogens (primary N) is 1. The lowest BCUT2D eigenvalue weighted by molar-refractivity contribution is 0.0341. The van der Waals surface area contributed by atoms with Crippen LogP contribution in [0.2, 0.25) is 0 Å². The fourth-order valence-electron chi connectivity index (χ4n) is 3.74. The average molecular weight is 376 g/mol. The zero-order chi connectivity index (χ0) is 19.8. The third-order valence-corrected chi connectivity index (χ3v) is 5.35. The Morgan fingerprint density at radius 1 is 1.21 bits per heavy atom. The molecule has 2 heterocycles. The minimum Gasteiger partial charge on any atom is -0.375 e. The van der Waals surface area contributed by atoms with Crippen molar-refractivity contribution in [2.75, 3.05) is 18.1 Å². The summed E-state index contributed by atoms with van der Waals surface area (Å²) in [4.78, 5) is 13.8. The summed E-state index contributed by atoms with van der Waals surface area (Å²) in [6.45, 7) is 7.70. The minimum absolute atomic E-state index is 0.159. The van der Waals surface area contributed by atoms with E-state index in [-0.39, 0.29) is 12.1 Å². The Bertz CT molecular complexity index is 1050. The molecule has 6 heteroatoms. The van der Waals surface area contributed by atoms with E-state index in [0.29, 0.717) is 12.2 Å². The highest BCUT2D eigenvalue weighted by molar-refractivity contribution is 5.97. The molecule has 3 aromatic rings. The number of ether oxygens (including phenoxy) is 1. The summed E-state index contributed by atoms with van der Waals surface area (Å²) in [6.07, 6.45) is 1.94. The SMILES string of the molecule is Cc1ccc(C(N)=O)cc1-c1ccc2c(N3C[C@@H](C)OC[C@H]3C)nncc2c1. The zero-order valence-electron chi connectivity index (χ0n) is 16.3. The van der Waals surface area contributed by atoms with Crippen molar-refractivity contribution in [1.82, 2.24) is 10.2 Å². The topological polar surface area (TPSA) is 81.3 Å². The fourth-order valence-corrected chi connectivity index (χ4v) is 3.74. The number of rotatable bonds is 3.